The maximum atomic E-state index is 4.45. The van der Waals surface area contributed by atoms with Gasteiger partial charge in [-0.1, -0.05) is 12.8 Å². The lowest BCUT2D eigenvalue weighted by Gasteiger charge is -2.32. The molecule has 0 bridgehead atoms. The fraction of sp³-hybridized carbons (Fsp3) is 0.562. The summed E-state index contributed by atoms with van der Waals surface area (Å²) < 4.78 is 1.78. The van der Waals surface area contributed by atoms with Gasteiger partial charge >= 0.3 is 0 Å². The fourth-order valence-corrected chi connectivity index (χ4v) is 3.83. The molecule has 3 heterocycles. The van der Waals surface area contributed by atoms with Gasteiger partial charge in [0, 0.05) is 18.8 Å². The summed E-state index contributed by atoms with van der Waals surface area (Å²) in [7, 11) is 0. The number of aromatic nitrogens is 4. The Labute approximate surface area is 125 Å². The minimum absolute atomic E-state index is 0.686. The first kappa shape index (κ1) is 12.8. The molecule has 2 fully saturated rings. The lowest BCUT2D eigenvalue weighted by Crippen LogP contribution is -2.35. The molecule has 0 N–H and O–H groups in total. The van der Waals surface area contributed by atoms with Crippen LogP contribution in [0.5, 0.6) is 0 Å². The normalized spacial score (nSPS) is 25.1. The molecule has 1 aliphatic carbocycles. The van der Waals surface area contributed by atoms with Crippen molar-refractivity contribution in [2.75, 3.05) is 11.4 Å². The molecule has 2 atom stereocenters. The molecular formula is C16H21N5. The summed E-state index contributed by atoms with van der Waals surface area (Å²) in [6.07, 6.45) is 8.69. The Morgan fingerprint density at radius 3 is 2.57 bits per heavy atom. The van der Waals surface area contributed by atoms with Crippen LogP contribution in [0.15, 0.2) is 24.4 Å². The summed E-state index contributed by atoms with van der Waals surface area (Å²) in [6, 6.07) is 6.77. The second-order valence-corrected chi connectivity index (χ2v) is 6.25. The molecule has 2 aliphatic rings. The third-order valence-electron chi connectivity index (χ3n) is 4.90. The monoisotopic (exact) mass is 283 g/mol. The number of hydrogen-bond donors (Lipinski definition) is 0. The standard InChI is InChI=1S/C16H21N5/c1-12-8-11-21(19-12)16-7-6-15(17-18-16)20-10-9-13-4-2-3-5-14(13)20/h6-8,11,13-14H,2-5,9-10H2,1H3. The molecule has 5 nitrogen and oxygen atoms in total. The SMILES string of the molecule is Cc1ccn(-c2ccc(N3CCC4CCCCC43)nn2)n1. The molecule has 21 heavy (non-hydrogen) atoms. The number of aryl methyl sites for hydroxylation is 1. The molecule has 0 aromatic carbocycles. The maximum absolute atomic E-state index is 4.45. The van der Waals surface area contributed by atoms with Crippen LogP contribution in [-0.2, 0) is 0 Å². The Hall–Kier alpha value is -1.91. The molecule has 0 radical (unpaired) electrons. The van der Waals surface area contributed by atoms with Gasteiger partial charge < -0.3 is 4.90 Å². The van der Waals surface area contributed by atoms with E-state index in [0.29, 0.717) is 6.04 Å². The van der Waals surface area contributed by atoms with Gasteiger partial charge in [-0.15, -0.1) is 10.2 Å². The Kier molecular flexibility index (Phi) is 3.13. The van der Waals surface area contributed by atoms with E-state index in [1.807, 2.05) is 25.3 Å². The molecule has 2 aromatic rings. The summed E-state index contributed by atoms with van der Waals surface area (Å²) in [5.41, 5.74) is 0.991. The largest absolute Gasteiger partial charge is 0.352 e. The highest BCUT2D eigenvalue weighted by Crippen LogP contribution is 2.37. The molecule has 5 heteroatoms. The Morgan fingerprint density at radius 2 is 1.81 bits per heavy atom. The number of fused-ring (bicyclic) bond motifs is 1. The van der Waals surface area contributed by atoms with Crippen molar-refractivity contribution >= 4 is 5.82 Å². The van der Waals surface area contributed by atoms with Crippen LogP contribution in [0, 0.1) is 12.8 Å². The van der Waals surface area contributed by atoms with Crippen molar-refractivity contribution in [2.45, 2.75) is 45.1 Å². The predicted octanol–water partition coefficient (Wildman–Crippen LogP) is 2.74. The maximum Gasteiger partial charge on any atom is 0.175 e. The Morgan fingerprint density at radius 1 is 1.00 bits per heavy atom. The van der Waals surface area contributed by atoms with Crippen LogP contribution in [0.2, 0.25) is 0 Å². The van der Waals surface area contributed by atoms with Gasteiger partial charge in [-0.25, -0.2) is 4.68 Å². The Bertz CT molecular complexity index is 618. The van der Waals surface area contributed by atoms with Gasteiger partial charge in [-0.05, 0) is 50.3 Å². The van der Waals surface area contributed by atoms with Crippen LogP contribution in [0.4, 0.5) is 5.82 Å². The van der Waals surface area contributed by atoms with Crippen LogP contribution in [-0.4, -0.2) is 32.6 Å². The predicted molar refractivity (Wildman–Crippen MR) is 81.6 cm³/mol. The van der Waals surface area contributed by atoms with Crippen molar-refractivity contribution in [2.24, 2.45) is 5.92 Å². The Balaban J connectivity index is 1.56. The second kappa shape index (κ2) is 5.13. The first-order valence-corrected chi connectivity index (χ1v) is 7.94. The van der Waals surface area contributed by atoms with Gasteiger partial charge in [0.2, 0.25) is 0 Å². The molecule has 2 aromatic heterocycles. The minimum Gasteiger partial charge on any atom is -0.352 e. The molecule has 0 amide bonds. The van der Waals surface area contributed by atoms with Crippen molar-refractivity contribution < 1.29 is 0 Å². The summed E-state index contributed by atoms with van der Waals surface area (Å²) in [6.45, 7) is 3.11. The molecule has 0 spiro atoms. The van der Waals surface area contributed by atoms with Crippen LogP contribution in [0.25, 0.3) is 5.82 Å². The molecule has 1 saturated carbocycles. The van der Waals surface area contributed by atoms with Crippen LogP contribution >= 0.6 is 0 Å². The lowest BCUT2D eigenvalue weighted by molar-refractivity contribution is 0.341. The smallest absolute Gasteiger partial charge is 0.175 e. The number of nitrogens with zero attached hydrogens (tertiary/aromatic N) is 5. The van der Waals surface area contributed by atoms with Gasteiger partial charge in [-0.2, -0.15) is 5.10 Å². The minimum atomic E-state index is 0.686. The van der Waals surface area contributed by atoms with Crippen LogP contribution in [0.3, 0.4) is 0 Å². The van der Waals surface area contributed by atoms with Gasteiger partial charge in [0.25, 0.3) is 0 Å². The average Bonchev–Trinajstić information content (AvgIpc) is 3.14. The van der Waals surface area contributed by atoms with E-state index in [4.69, 9.17) is 0 Å². The molecule has 4 rings (SSSR count). The zero-order valence-corrected chi connectivity index (χ0v) is 12.4. The first-order valence-electron chi connectivity index (χ1n) is 7.94. The average molecular weight is 283 g/mol. The summed E-state index contributed by atoms with van der Waals surface area (Å²) in [4.78, 5) is 2.47. The van der Waals surface area contributed by atoms with Gasteiger partial charge in [0.15, 0.2) is 11.6 Å². The van der Waals surface area contributed by atoms with Gasteiger partial charge in [0.05, 0.1) is 5.69 Å². The van der Waals surface area contributed by atoms with Crippen molar-refractivity contribution in [3.05, 3.63) is 30.1 Å². The molecule has 110 valence electrons. The van der Waals surface area contributed by atoms with Crippen molar-refractivity contribution in [3.8, 4) is 5.82 Å². The van der Waals surface area contributed by atoms with E-state index in [1.54, 1.807) is 4.68 Å². The van der Waals surface area contributed by atoms with Gasteiger partial charge in [-0.3, -0.25) is 0 Å². The highest BCUT2D eigenvalue weighted by Gasteiger charge is 2.36. The third-order valence-corrected chi connectivity index (χ3v) is 4.90. The number of hydrogen-bond acceptors (Lipinski definition) is 4. The fourth-order valence-electron chi connectivity index (χ4n) is 3.83. The number of anilines is 1. The van der Waals surface area contributed by atoms with E-state index in [-0.39, 0.29) is 0 Å². The van der Waals surface area contributed by atoms with Crippen molar-refractivity contribution in [3.63, 3.8) is 0 Å². The molecular weight excluding hydrogens is 262 g/mol. The molecule has 1 aliphatic heterocycles. The molecule has 2 unspecified atom stereocenters. The van der Waals surface area contributed by atoms with Crippen LogP contribution < -0.4 is 4.90 Å². The summed E-state index contributed by atoms with van der Waals surface area (Å²) in [5, 5.41) is 13.2. The lowest BCUT2D eigenvalue weighted by atomic mass is 9.85. The molecule has 1 saturated heterocycles. The van der Waals surface area contributed by atoms with Crippen LogP contribution in [0.1, 0.15) is 37.8 Å². The van der Waals surface area contributed by atoms with E-state index in [1.165, 1.54) is 32.1 Å². The van der Waals surface area contributed by atoms with Gasteiger partial charge in [0.1, 0.15) is 0 Å². The number of rotatable bonds is 2. The highest BCUT2D eigenvalue weighted by molar-refractivity contribution is 5.42. The summed E-state index contributed by atoms with van der Waals surface area (Å²) >= 11 is 0. The second-order valence-electron chi connectivity index (χ2n) is 6.25. The topological polar surface area (TPSA) is 46.8 Å². The quantitative estimate of drug-likeness (QED) is 0.850. The van der Waals surface area contributed by atoms with Crippen molar-refractivity contribution in [1.82, 2.24) is 20.0 Å². The van der Waals surface area contributed by atoms with E-state index in [0.717, 1.165) is 29.8 Å². The third kappa shape index (κ3) is 2.30. The van der Waals surface area contributed by atoms with E-state index >= 15 is 0 Å². The summed E-state index contributed by atoms with van der Waals surface area (Å²) in [5.74, 6) is 2.68. The zero-order chi connectivity index (χ0) is 14.2. The van der Waals surface area contributed by atoms with Crippen molar-refractivity contribution in [1.29, 1.82) is 0 Å². The van der Waals surface area contributed by atoms with E-state index in [2.05, 4.69) is 26.3 Å². The first-order chi connectivity index (χ1) is 10.3. The highest BCUT2D eigenvalue weighted by atomic mass is 15.4. The van der Waals surface area contributed by atoms with E-state index < -0.39 is 0 Å². The van der Waals surface area contributed by atoms with E-state index in [9.17, 15) is 0 Å². The zero-order valence-electron chi connectivity index (χ0n) is 12.4.